The highest BCUT2D eigenvalue weighted by atomic mass is 16.5. The fourth-order valence-corrected chi connectivity index (χ4v) is 3.85. The second-order valence-electron chi connectivity index (χ2n) is 8.28. The van der Waals surface area contributed by atoms with Crippen LogP contribution < -0.4 is 10.1 Å². The van der Waals surface area contributed by atoms with Crippen molar-refractivity contribution in [3.63, 3.8) is 0 Å². The Morgan fingerprint density at radius 1 is 1.26 bits per heavy atom. The van der Waals surface area contributed by atoms with Gasteiger partial charge in [0.1, 0.15) is 19.0 Å². The van der Waals surface area contributed by atoms with Crippen LogP contribution in [0.4, 0.5) is 5.69 Å². The van der Waals surface area contributed by atoms with Crippen LogP contribution in [-0.2, 0) is 14.3 Å². The lowest BCUT2D eigenvalue weighted by Gasteiger charge is -2.35. The summed E-state index contributed by atoms with van der Waals surface area (Å²) in [5, 5.41) is 2.77. The van der Waals surface area contributed by atoms with Crippen molar-refractivity contribution in [1.29, 1.82) is 0 Å². The molecule has 1 heterocycles. The molecule has 0 aromatic heterocycles. The number of methoxy groups -OCH3 is 2. The molecule has 1 aliphatic rings. The third-order valence-corrected chi connectivity index (χ3v) is 5.65. The zero-order valence-electron chi connectivity index (χ0n) is 19.6. The van der Waals surface area contributed by atoms with E-state index in [0.717, 1.165) is 19.5 Å². The lowest BCUT2D eigenvalue weighted by molar-refractivity contribution is -0.119. The highest BCUT2D eigenvalue weighted by molar-refractivity contribution is 5.98. The van der Waals surface area contributed by atoms with Crippen LogP contribution >= 0.6 is 0 Å². The SMILES string of the molecule is CCCN1C[C@H](C)[C@H](OC)CN(C)C(=O)c2ccc(NC(=O)COC)cc2OC[C@@H]1C. The second-order valence-corrected chi connectivity index (χ2v) is 8.28. The molecule has 1 aliphatic heterocycles. The third-order valence-electron chi connectivity index (χ3n) is 5.65. The summed E-state index contributed by atoms with van der Waals surface area (Å²) in [6.07, 6.45) is 0.969. The van der Waals surface area contributed by atoms with Gasteiger partial charge >= 0.3 is 0 Å². The monoisotopic (exact) mass is 435 g/mol. The largest absolute Gasteiger partial charge is 0.491 e. The fourth-order valence-electron chi connectivity index (χ4n) is 3.85. The van der Waals surface area contributed by atoms with E-state index in [1.54, 1.807) is 37.3 Å². The van der Waals surface area contributed by atoms with Crippen molar-refractivity contribution in [2.75, 3.05) is 59.4 Å². The van der Waals surface area contributed by atoms with Gasteiger partial charge in [0.2, 0.25) is 5.91 Å². The molecule has 0 unspecified atom stereocenters. The number of benzene rings is 1. The van der Waals surface area contributed by atoms with Crippen LogP contribution in [0.1, 0.15) is 37.6 Å². The first-order valence-corrected chi connectivity index (χ1v) is 10.9. The Bertz CT molecular complexity index is 742. The van der Waals surface area contributed by atoms with Gasteiger partial charge in [0.25, 0.3) is 5.91 Å². The van der Waals surface area contributed by atoms with Crippen molar-refractivity contribution in [1.82, 2.24) is 9.80 Å². The maximum atomic E-state index is 13.2. The molecule has 0 saturated carbocycles. The highest BCUT2D eigenvalue weighted by Crippen LogP contribution is 2.27. The first kappa shape index (κ1) is 25.1. The minimum absolute atomic E-state index is 0.0424. The maximum Gasteiger partial charge on any atom is 0.257 e. The summed E-state index contributed by atoms with van der Waals surface area (Å²) in [7, 11) is 4.94. The van der Waals surface area contributed by atoms with Gasteiger partial charge in [-0.3, -0.25) is 14.5 Å². The highest BCUT2D eigenvalue weighted by Gasteiger charge is 2.28. The van der Waals surface area contributed by atoms with Crippen molar-refractivity contribution in [2.24, 2.45) is 5.92 Å². The number of anilines is 1. The molecule has 0 spiro atoms. The molecule has 1 aromatic carbocycles. The number of nitrogens with one attached hydrogen (secondary N) is 1. The van der Waals surface area contributed by atoms with Gasteiger partial charge in [0.15, 0.2) is 0 Å². The van der Waals surface area contributed by atoms with Crippen LogP contribution in [0, 0.1) is 5.92 Å². The smallest absolute Gasteiger partial charge is 0.257 e. The van der Waals surface area contributed by atoms with Gasteiger partial charge in [-0.05, 0) is 37.9 Å². The normalized spacial score (nSPS) is 23.4. The number of nitrogens with zero attached hydrogens (tertiary/aromatic N) is 2. The van der Waals surface area contributed by atoms with Gasteiger partial charge in [-0.25, -0.2) is 0 Å². The van der Waals surface area contributed by atoms with E-state index in [-0.39, 0.29) is 36.5 Å². The van der Waals surface area contributed by atoms with Crippen molar-refractivity contribution >= 4 is 17.5 Å². The van der Waals surface area contributed by atoms with Crippen LogP contribution in [0.5, 0.6) is 5.75 Å². The Hall–Kier alpha value is -2.16. The summed E-state index contributed by atoms with van der Waals surface area (Å²) < 4.78 is 16.8. The van der Waals surface area contributed by atoms with Gasteiger partial charge < -0.3 is 24.4 Å². The molecule has 0 bridgehead atoms. The number of fused-ring (bicyclic) bond motifs is 1. The molecule has 3 atom stereocenters. The Kier molecular flexibility index (Phi) is 9.74. The quantitative estimate of drug-likeness (QED) is 0.740. The van der Waals surface area contributed by atoms with Crippen LogP contribution in [0.25, 0.3) is 0 Å². The summed E-state index contributed by atoms with van der Waals surface area (Å²) in [4.78, 5) is 29.2. The minimum atomic E-state index is -0.265. The van der Waals surface area contributed by atoms with Gasteiger partial charge in [-0.2, -0.15) is 0 Å². The third kappa shape index (κ3) is 6.92. The van der Waals surface area contributed by atoms with Crippen molar-refractivity contribution in [3.8, 4) is 5.75 Å². The molecule has 1 aromatic rings. The lowest BCUT2D eigenvalue weighted by atomic mass is 10.0. The average molecular weight is 436 g/mol. The predicted molar refractivity (Wildman–Crippen MR) is 121 cm³/mol. The molecular formula is C23H37N3O5. The first-order valence-electron chi connectivity index (χ1n) is 10.9. The van der Waals surface area contributed by atoms with Crippen LogP contribution in [0.2, 0.25) is 0 Å². The van der Waals surface area contributed by atoms with Gasteiger partial charge in [0, 0.05) is 52.2 Å². The van der Waals surface area contributed by atoms with E-state index in [1.807, 2.05) is 0 Å². The van der Waals surface area contributed by atoms with E-state index >= 15 is 0 Å². The molecule has 0 saturated heterocycles. The van der Waals surface area contributed by atoms with E-state index in [0.29, 0.717) is 30.2 Å². The molecule has 2 amide bonds. The molecule has 8 nitrogen and oxygen atoms in total. The number of amides is 2. The molecule has 0 aliphatic carbocycles. The Morgan fingerprint density at radius 2 is 2.00 bits per heavy atom. The fraction of sp³-hybridized carbons (Fsp3) is 0.652. The van der Waals surface area contributed by atoms with Crippen LogP contribution in [0.3, 0.4) is 0 Å². The number of hydrogen-bond donors (Lipinski definition) is 1. The predicted octanol–water partition coefficient (Wildman–Crippen LogP) is 2.49. The van der Waals surface area contributed by atoms with E-state index in [4.69, 9.17) is 14.2 Å². The van der Waals surface area contributed by atoms with Crippen molar-refractivity contribution < 1.29 is 23.8 Å². The molecule has 0 fully saturated rings. The van der Waals surface area contributed by atoms with Crippen LogP contribution in [-0.4, -0.2) is 87.9 Å². The molecule has 0 radical (unpaired) electrons. The Balaban J connectivity index is 2.38. The number of carbonyl (C=O) groups is 2. The number of rotatable bonds is 6. The molecule has 2 rings (SSSR count). The van der Waals surface area contributed by atoms with E-state index in [2.05, 4.69) is 31.0 Å². The average Bonchev–Trinajstić information content (AvgIpc) is 2.74. The number of ether oxygens (including phenoxy) is 3. The van der Waals surface area contributed by atoms with Gasteiger partial charge in [-0.1, -0.05) is 13.8 Å². The topological polar surface area (TPSA) is 80.3 Å². The molecular weight excluding hydrogens is 398 g/mol. The molecule has 31 heavy (non-hydrogen) atoms. The minimum Gasteiger partial charge on any atom is -0.491 e. The molecule has 8 heteroatoms. The van der Waals surface area contributed by atoms with Crippen LogP contribution in [0.15, 0.2) is 18.2 Å². The summed E-state index contributed by atoms with van der Waals surface area (Å²) in [6.45, 7) is 9.16. The second kappa shape index (κ2) is 12.0. The first-order chi connectivity index (χ1) is 14.8. The number of hydrogen-bond acceptors (Lipinski definition) is 6. The molecule has 1 N–H and O–H groups in total. The Morgan fingerprint density at radius 3 is 2.65 bits per heavy atom. The van der Waals surface area contributed by atoms with Crippen molar-refractivity contribution in [2.45, 2.75) is 39.3 Å². The number of carbonyl (C=O) groups excluding carboxylic acids is 2. The standard InChI is InChI=1S/C23H37N3O5/c1-7-10-26-12-16(2)21(30-6)13-25(4)23(28)19-9-8-18(24-22(27)15-29-5)11-20(19)31-14-17(26)3/h8-9,11,16-17,21H,7,10,12-15H2,1-6H3,(H,24,27)/t16-,17-,21+/m0/s1. The zero-order valence-corrected chi connectivity index (χ0v) is 19.6. The van der Waals surface area contributed by atoms with E-state index in [9.17, 15) is 9.59 Å². The Labute approximate surface area is 185 Å². The van der Waals surface area contributed by atoms with Gasteiger partial charge in [0.05, 0.1) is 11.7 Å². The summed E-state index contributed by atoms with van der Waals surface area (Å²) >= 11 is 0. The summed E-state index contributed by atoms with van der Waals surface area (Å²) in [5.41, 5.74) is 1.02. The van der Waals surface area contributed by atoms with Crippen molar-refractivity contribution in [3.05, 3.63) is 23.8 Å². The number of likely N-dealkylation sites (N-methyl/N-ethyl adjacent to an activating group) is 1. The van der Waals surface area contributed by atoms with E-state index < -0.39 is 0 Å². The lowest BCUT2D eigenvalue weighted by Crippen LogP contribution is -2.46. The zero-order chi connectivity index (χ0) is 23.0. The van der Waals surface area contributed by atoms with Gasteiger partial charge in [-0.15, -0.1) is 0 Å². The molecule has 174 valence electrons. The van der Waals surface area contributed by atoms with E-state index in [1.165, 1.54) is 7.11 Å². The maximum absolute atomic E-state index is 13.2. The summed E-state index contributed by atoms with van der Waals surface area (Å²) in [5.74, 6) is 0.306. The summed E-state index contributed by atoms with van der Waals surface area (Å²) in [6, 6.07) is 5.26.